The Labute approximate surface area is 174 Å². The molecule has 0 aliphatic rings. The zero-order chi connectivity index (χ0) is 20.0. The Hall–Kier alpha value is -0.260. The van der Waals surface area contributed by atoms with Gasteiger partial charge in [-0.15, -0.1) is 0 Å². The molecule has 0 saturated heterocycles. The standard InChI is InChI=1S/C27H54/c1-5-8-11-14-17-20-23-27(24-21-18-15-12-9-6-2)25-26(4)22-19-16-13-10-7-3/h27H,4-25H2,1-3H3. The van der Waals surface area contributed by atoms with Crippen molar-refractivity contribution in [3.8, 4) is 0 Å². The van der Waals surface area contributed by atoms with Gasteiger partial charge in [0.15, 0.2) is 0 Å². The van der Waals surface area contributed by atoms with E-state index in [2.05, 4.69) is 27.4 Å². The molecule has 27 heavy (non-hydrogen) atoms. The minimum atomic E-state index is 0.922. The van der Waals surface area contributed by atoms with Crippen LogP contribution in [-0.4, -0.2) is 0 Å². The van der Waals surface area contributed by atoms with Crippen molar-refractivity contribution in [3.05, 3.63) is 12.2 Å². The largest absolute Gasteiger partial charge is 0.0999 e. The van der Waals surface area contributed by atoms with Crippen LogP contribution in [0, 0.1) is 5.92 Å². The molecule has 0 N–H and O–H groups in total. The fourth-order valence-corrected chi connectivity index (χ4v) is 4.26. The molecule has 0 heterocycles. The highest BCUT2D eigenvalue weighted by Gasteiger charge is 2.10. The third kappa shape index (κ3) is 20.3. The van der Waals surface area contributed by atoms with E-state index in [1.807, 2.05) is 0 Å². The molecule has 0 aromatic rings. The first-order valence-corrected chi connectivity index (χ1v) is 12.9. The molecule has 0 bridgehead atoms. The van der Waals surface area contributed by atoms with Gasteiger partial charge in [0, 0.05) is 0 Å². The van der Waals surface area contributed by atoms with Crippen molar-refractivity contribution in [1.82, 2.24) is 0 Å². The van der Waals surface area contributed by atoms with E-state index < -0.39 is 0 Å². The maximum Gasteiger partial charge on any atom is -0.0294 e. The van der Waals surface area contributed by atoms with Gasteiger partial charge in [-0.2, -0.15) is 0 Å². The van der Waals surface area contributed by atoms with Crippen LogP contribution in [-0.2, 0) is 0 Å². The van der Waals surface area contributed by atoms with Crippen molar-refractivity contribution in [1.29, 1.82) is 0 Å². The van der Waals surface area contributed by atoms with Crippen LogP contribution in [0.2, 0.25) is 0 Å². The molecule has 0 unspecified atom stereocenters. The molecular weight excluding hydrogens is 324 g/mol. The van der Waals surface area contributed by atoms with E-state index in [1.54, 1.807) is 5.57 Å². The number of allylic oxidation sites excluding steroid dienone is 1. The van der Waals surface area contributed by atoms with E-state index in [0.29, 0.717) is 0 Å². The summed E-state index contributed by atoms with van der Waals surface area (Å²) in [6, 6.07) is 0. The average Bonchev–Trinajstić information content (AvgIpc) is 2.66. The molecule has 162 valence electrons. The minimum absolute atomic E-state index is 0.922. The highest BCUT2D eigenvalue weighted by atomic mass is 14.2. The highest BCUT2D eigenvalue weighted by Crippen LogP contribution is 2.27. The van der Waals surface area contributed by atoms with Gasteiger partial charge in [-0.05, 0) is 25.2 Å². The van der Waals surface area contributed by atoms with E-state index in [0.717, 1.165) is 5.92 Å². The van der Waals surface area contributed by atoms with Gasteiger partial charge in [0.05, 0.1) is 0 Å². The molecule has 0 fully saturated rings. The average molecular weight is 379 g/mol. The van der Waals surface area contributed by atoms with Gasteiger partial charge < -0.3 is 0 Å². The molecule has 0 saturated carbocycles. The zero-order valence-corrected chi connectivity index (χ0v) is 19.6. The number of unbranched alkanes of at least 4 members (excludes halogenated alkanes) is 14. The quantitative estimate of drug-likeness (QED) is 0.130. The van der Waals surface area contributed by atoms with Crippen molar-refractivity contribution in [2.45, 2.75) is 156 Å². The fraction of sp³-hybridized carbons (Fsp3) is 0.926. The van der Waals surface area contributed by atoms with Gasteiger partial charge in [0.2, 0.25) is 0 Å². The third-order valence-electron chi connectivity index (χ3n) is 6.14. The molecule has 0 rings (SSSR count). The van der Waals surface area contributed by atoms with Gasteiger partial charge in [0.1, 0.15) is 0 Å². The Bertz CT molecular complexity index is 274. The SMILES string of the molecule is C=C(CCCCCCC)CC(CCCCCCCC)CCCCCCCC. The van der Waals surface area contributed by atoms with Gasteiger partial charge in [-0.25, -0.2) is 0 Å². The normalized spacial score (nSPS) is 11.4. The topological polar surface area (TPSA) is 0 Å². The Morgan fingerprint density at radius 1 is 0.519 bits per heavy atom. The van der Waals surface area contributed by atoms with Gasteiger partial charge in [-0.3, -0.25) is 0 Å². The van der Waals surface area contributed by atoms with Gasteiger partial charge >= 0.3 is 0 Å². The lowest BCUT2D eigenvalue weighted by molar-refractivity contribution is 0.396. The summed E-state index contributed by atoms with van der Waals surface area (Å²) in [6.07, 6.45) is 29.7. The summed E-state index contributed by atoms with van der Waals surface area (Å²) in [6.45, 7) is 11.4. The lowest BCUT2D eigenvalue weighted by Gasteiger charge is -2.18. The summed E-state index contributed by atoms with van der Waals surface area (Å²) in [5.74, 6) is 0.922. The number of hydrogen-bond donors (Lipinski definition) is 0. The van der Waals surface area contributed by atoms with E-state index in [-0.39, 0.29) is 0 Å². The molecule has 0 atom stereocenters. The first-order valence-electron chi connectivity index (χ1n) is 12.9. The predicted octanol–water partition coefficient (Wildman–Crippen LogP) is 10.4. The van der Waals surface area contributed by atoms with Crippen LogP contribution in [0.1, 0.15) is 156 Å². The van der Waals surface area contributed by atoms with Crippen LogP contribution >= 0.6 is 0 Å². The van der Waals surface area contributed by atoms with E-state index >= 15 is 0 Å². The highest BCUT2D eigenvalue weighted by molar-refractivity contribution is 4.95. The molecule has 0 aliphatic carbocycles. The third-order valence-corrected chi connectivity index (χ3v) is 6.14. The molecule has 0 aromatic carbocycles. The van der Waals surface area contributed by atoms with Gasteiger partial charge in [0.25, 0.3) is 0 Å². The molecule has 0 nitrogen and oxygen atoms in total. The molecule has 0 aliphatic heterocycles. The van der Waals surface area contributed by atoms with Crippen molar-refractivity contribution in [2.24, 2.45) is 5.92 Å². The summed E-state index contributed by atoms with van der Waals surface area (Å²) in [7, 11) is 0. The van der Waals surface area contributed by atoms with Crippen LogP contribution in [0.3, 0.4) is 0 Å². The van der Waals surface area contributed by atoms with Gasteiger partial charge in [-0.1, -0.05) is 148 Å². The molecule has 0 radical (unpaired) electrons. The maximum absolute atomic E-state index is 4.45. The van der Waals surface area contributed by atoms with Crippen molar-refractivity contribution in [2.75, 3.05) is 0 Å². The lowest BCUT2D eigenvalue weighted by atomic mass is 9.87. The number of hydrogen-bond acceptors (Lipinski definition) is 0. The summed E-state index contributed by atoms with van der Waals surface area (Å²) in [5, 5.41) is 0. The summed E-state index contributed by atoms with van der Waals surface area (Å²) < 4.78 is 0. The Balaban J connectivity index is 4.00. The second kappa shape index (κ2) is 22.0. The first-order chi connectivity index (χ1) is 13.2. The Kier molecular flexibility index (Phi) is 21.8. The van der Waals surface area contributed by atoms with Crippen LogP contribution in [0.4, 0.5) is 0 Å². The van der Waals surface area contributed by atoms with E-state index in [1.165, 1.54) is 135 Å². The van der Waals surface area contributed by atoms with Crippen molar-refractivity contribution >= 4 is 0 Å². The molecule has 0 heteroatoms. The summed E-state index contributed by atoms with van der Waals surface area (Å²) in [4.78, 5) is 0. The summed E-state index contributed by atoms with van der Waals surface area (Å²) in [5.41, 5.74) is 1.55. The number of rotatable bonds is 22. The Morgan fingerprint density at radius 3 is 1.33 bits per heavy atom. The van der Waals surface area contributed by atoms with Crippen molar-refractivity contribution in [3.63, 3.8) is 0 Å². The van der Waals surface area contributed by atoms with Crippen LogP contribution < -0.4 is 0 Å². The molecular formula is C27H54. The molecule has 0 aromatic heterocycles. The predicted molar refractivity (Wildman–Crippen MR) is 127 cm³/mol. The van der Waals surface area contributed by atoms with E-state index in [4.69, 9.17) is 0 Å². The fourth-order valence-electron chi connectivity index (χ4n) is 4.26. The minimum Gasteiger partial charge on any atom is -0.0999 e. The van der Waals surface area contributed by atoms with Crippen LogP contribution in [0.5, 0.6) is 0 Å². The summed E-state index contributed by atoms with van der Waals surface area (Å²) >= 11 is 0. The first kappa shape index (κ1) is 26.7. The van der Waals surface area contributed by atoms with Crippen molar-refractivity contribution < 1.29 is 0 Å². The van der Waals surface area contributed by atoms with E-state index in [9.17, 15) is 0 Å². The van der Waals surface area contributed by atoms with Crippen LogP contribution in [0.15, 0.2) is 12.2 Å². The lowest BCUT2D eigenvalue weighted by Crippen LogP contribution is -2.03. The second-order valence-corrected chi connectivity index (χ2v) is 9.10. The Morgan fingerprint density at radius 2 is 0.889 bits per heavy atom. The molecule has 0 amide bonds. The smallest absolute Gasteiger partial charge is 0.0294 e. The maximum atomic E-state index is 4.45. The second-order valence-electron chi connectivity index (χ2n) is 9.10. The molecule has 0 spiro atoms. The zero-order valence-electron chi connectivity index (χ0n) is 19.6. The monoisotopic (exact) mass is 378 g/mol. The van der Waals surface area contributed by atoms with Crippen LogP contribution in [0.25, 0.3) is 0 Å².